The summed E-state index contributed by atoms with van der Waals surface area (Å²) in [6.45, 7) is 3.62. The van der Waals surface area contributed by atoms with E-state index in [9.17, 15) is 9.90 Å². The van der Waals surface area contributed by atoms with Gasteiger partial charge in [-0.25, -0.2) is 0 Å². The molecule has 0 saturated carbocycles. The van der Waals surface area contributed by atoms with Gasteiger partial charge in [0.1, 0.15) is 0 Å². The van der Waals surface area contributed by atoms with Gasteiger partial charge in [-0.05, 0) is 45.2 Å². The first kappa shape index (κ1) is 12.8. The van der Waals surface area contributed by atoms with Gasteiger partial charge in [-0.2, -0.15) is 0 Å². The second-order valence-electron chi connectivity index (χ2n) is 5.31. The fraction of sp³-hybridized carbons (Fsp3) is 0.923. The number of carboxylic acid groups (broad SMARTS) is 1. The minimum Gasteiger partial charge on any atom is -0.481 e. The summed E-state index contributed by atoms with van der Waals surface area (Å²) in [6.07, 6.45) is 6.82. The lowest BCUT2D eigenvalue weighted by molar-refractivity contribution is -0.141. The van der Waals surface area contributed by atoms with E-state index < -0.39 is 5.97 Å². The molecule has 0 amide bonds. The first-order valence-electron chi connectivity index (χ1n) is 6.78. The van der Waals surface area contributed by atoms with Crippen LogP contribution in [0.4, 0.5) is 0 Å². The third-order valence-electron chi connectivity index (χ3n) is 4.15. The van der Waals surface area contributed by atoms with Crippen LogP contribution < -0.4 is 0 Å². The van der Waals surface area contributed by atoms with Crippen LogP contribution in [0.3, 0.4) is 0 Å². The summed E-state index contributed by atoms with van der Waals surface area (Å²) in [4.78, 5) is 13.6. The van der Waals surface area contributed by atoms with Crippen LogP contribution >= 0.6 is 0 Å². The predicted octanol–water partition coefficient (Wildman–Crippen LogP) is 1.89. The first-order valence-corrected chi connectivity index (χ1v) is 6.78. The van der Waals surface area contributed by atoms with Crippen molar-refractivity contribution in [2.75, 3.05) is 26.3 Å². The molecular weight excluding hydrogens is 218 g/mol. The van der Waals surface area contributed by atoms with Gasteiger partial charge in [0.25, 0.3) is 0 Å². The molecule has 4 nitrogen and oxygen atoms in total. The lowest BCUT2D eigenvalue weighted by atomic mass is 9.83. The number of likely N-dealkylation sites (tertiary alicyclic amines) is 1. The maximum atomic E-state index is 11.2. The third kappa shape index (κ3) is 3.19. The van der Waals surface area contributed by atoms with E-state index in [-0.39, 0.29) is 12.0 Å². The van der Waals surface area contributed by atoms with Crippen LogP contribution in [0.5, 0.6) is 0 Å². The zero-order valence-corrected chi connectivity index (χ0v) is 10.5. The smallest absolute Gasteiger partial charge is 0.305 e. The van der Waals surface area contributed by atoms with Crippen molar-refractivity contribution >= 4 is 5.97 Å². The van der Waals surface area contributed by atoms with Crippen LogP contribution in [-0.2, 0) is 9.53 Å². The highest BCUT2D eigenvalue weighted by Gasteiger charge is 2.39. The summed E-state index contributed by atoms with van der Waals surface area (Å²) in [7, 11) is 0. The number of rotatable bonds is 3. The molecule has 1 atom stereocenters. The van der Waals surface area contributed by atoms with Crippen LogP contribution in [0.25, 0.3) is 0 Å². The maximum Gasteiger partial charge on any atom is 0.305 e. The van der Waals surface area contributed by atoms with E-state index in [1.165, 1.54) is 19.3 Å². The molecule has 0 aromatic carbocycles. The van der Waals surface area contributed by atoms with E-state index in [1.807, 2.05) is 0 Å². The Labute approximate surface area is 103 Å². The van der Waals surface area contributed by atoms with Gasteiger partial charge in [-0.1, -0.05) is 6.42 Å². The van der Waals surface area contributed by atoms with Gasteiger partial charge in [-0.15, -0.1) is 0 Å². The molecule has 2 rings (SSSR count). The van der Waals surface area contributed by atoms with Crippen molar-refractivity contribution in [2.24, 2.45) is 0 Å². The summed E-state index contributed by atoms with van der Waals surface area (Å²) in [6, 6.07) is 0. The molecule has 2 aliphatic rings. The zero-order valence-electron chi connectivity index (χ0n) is 10.5. The Kier molecular flexibility index (Phi) is 4.40. The molecule has 17 heavy (non-hydrogen) atoms. The van der Waals surface area contributed by atoms with E-state index in [0.29, 0.717) is 6.61 Å². The average molecular weight is 241 g/mol. The van der Waals surface area contributed by atoms with E-state index in [1.54, 1.807) is 0 Å². The van der Waals surface area contributed by atoms with Crippen molar-refractivity contribution in [2.45, 2.75) is 50.5 Å². The van der Waals surface area contributed by atoms with E-state index in [0.717, 1.165) is 39.0 Å². The molecule has 0 radical (unpaired) electrons. The molecule has 1 unspecified atom stereocenters. The monoisotopic (exact) mass is 241 g/mol. The topological polar surface area (TPSA) is 49.8 Å². The Balaban J connectivity index is 2.11. The Bertz CT molecular complexity index is 253. The van der Waals surface area contributed by atoms with Gasteiger partial charge in [0.2, 0.25) is 0 Å². The Hall–Kier alpha value is -0.610. The van der Waals surface area contributed by atoms with E-state index in [4.69, 9.17) is 4.74 Å². The second kappa shape index (κ2) is 5.83. The number of ether oxygens (including phenoxy) is 1. The summed E-state index contributed by atoms with van der Waals surface area (Å²) >= 11 is 0. The van der Waals surface area contributed by atoms with Gasteiger partial charge in [-0.3, -0.25) is 9.69 Å². The van der Waals surface area contributed by atoms with Crippen molar-refractivity contribution in [1.29, 1.82) is 0 Å². The summed E-state index contributed by atoms with van der Waals surface area (Å²) in [5.41, 5.74) is -0.136. The lowest BCUT2D eigenvalue weighted by Crippen LogP contribution is -2.52. The Morgan fingerprint density at radius 2 is 1.88 bits per heavy atom. The molecule has 0 spiro atoms. The van der Waals surface area contributed by atoms with Crippen molar-refractivity contribution in [3.63, 3.8) is 0 Å². The molecule has 2 heterocycles. The quantitative estimate of drug-likeness (QED) is 0.819. The molecule has 2 saturated heterocycles. The molecule has 2 fully saturated rings. The molecule has 0 aromatic rings. The van der Waals surface area contributed by atoms with E-state index >= 15 is 0 Å². The molecule has 98 valence electrons. The van der Waals surface area contributed by atoms with Crippen molar-refractivity contribution in [3.8, 4) is 0 Å². The largest absolute Gasteiger partial charge is 0.481 e. The summed E-state index contributed by atoms with van der Waals surface area (Å²) in [5, 5.41) is 9.19. The van der Waals surface area contributed by atoms with E-state index in [2.05, 4.69) is 4.90 Å². The van der Waals surface area contributed by atoms with Crippen LogP contribution in [0.15, 0.2) is 0 Å². The van der Waals surface area contributed by atoms with Crippen LogP contribution in [-0.4, -0.2) is 47.8 Å². The second-order valence-corrected chi connectivity index (χ2v) is 5.31. The average Bonchev–Trinajstić information content (AvgIpc) is 2.56. The highest BCUT2D eigenvalue weighted by molar-refractivity contribution is 5.68. The summed E-state index contributed by atoms with van der Waals surface area (Å²) in [5.74, 6) is -0.669. The zero-order chi connectivity index (χ0) is 12.1. The molecule has 0 aliphatic carbocycles. The predicted molar refractivity (Wildman–Crippen MR) is 65.1 cm³/mol. The maximum absolute atomic E-state index is 11.2. The molecule has 2 aliphatic heterocycles. The highest BCUT2D eigenvalue weighted by atomic mass is 16.5. The fourth-order valence-corrected chi connectivity index (χ4v) is 3.25. The number of hydrogen-bond donors (Lipinski definition) is 1. The lowest BCUT2D eigenvalue weighted by Gasteiger charge is -2.44. The minimum absolute atomic E-state index is 0.136. The van der Waals surface area contributed by atoms with Gasteiger partial charge in [0, 0.05) is 18.8 Å². The number of carboxylic acids is 1. The van der Waals surface area contributed by atoms with Gasteiger partial charge in [0.15, 0.2) is 0 Å². The number of hydrogen-bond acceptors (Lipinski definition) is 3. The number of piperidine rings is 1. The number of aliphatic carboxylic acids is 1. The van der Waals surface area contributed by atoms with Crippen molar-refractivity contribution < 1.29 is 14.6 Å². The normalized spacial score (nSPS) is 32.0. The Morgan fingerprint density at radius 1 is 1.12 bits per heavy atom. The molecule has 1 N–H and O–H groups in total. The number of nitrogens with zero attached hydrogens (tertiary/aromatic N) is 1. The Morgan fingerprint density at radius 3 is 2.59 bits per heavy atom. The minimum atomic E-state index is -0.669. The molecule has 0 bridgehead atoms. The molecule has 0 aromatic heterocycles. The van der Waals surface area contributed by atoms with Gasteiger partial charge < -0.3 is 9.84 Å². The highest BCUT2D eigenvalue weighted by Crippen LogP contribution is 2.34. The van der Waals surface area contributed by atoms with Crippen LogP contribution in [0.2, 0.25) is 0 Å². The standard InChI is InChI=1S/C13H23NO3/c15-12(16)11-13(5-4-9-17-10-6-13)14-7-2-1-3-8-14/h1-11H2,(H,15,16). The van der Waals surface area contributed by atoms with Gasteiger partial charge >= 0.3 is 5.97 Å². The summed E-state index contributed by atoms with van der Waals surface area (Å²) < 4.78 is 5.50. The van der Waals surface area contributed by atoms with Crippen molar-refractivity contribution in [3.05, 3.63) is 0 Å². The third-order valence-corrected chi connectivity index (χ3v) is 4.15. The van der Waals surface area contributed by atoms with Crippen LogP contribution in [0, 0.1) is 0 Å². The molecule has 4 heteroatoms. The van der Waals surface area contributed by atoms with Crippen LogP contribution in [0.1, 0.15) is 44.9 Å². The SMILES string of the molecule is O=C(O)CC1(N2CCCCC2)CCCOCC1. The van der Waals surface area contributed by atoms with Crippen molar-refractivity contribution in [1.82, 2.24) is 4.90 Å². The molecular formula is C13H23NO3. The number of carbonyl (C=O) groups is 1. The fourth-order valence-electron chi connectivity index (χ4n) is 3.25. The first-order chi connectivity index (χ1) is 8.23. The van der Waals surface area contributed by atoms with Gasteiger partial charge in [0.05, 0.1) is 6.42 Å².